The number of alkyl halides is 3. The van der Waals surface area contributed by atoms with Gasteiger partial charge in [-0.2, -0.15) is 5.10 Å². The van der Waals surface area contributed by atoms with Crippen LogP contribution in [0.2, 0.25) is 0 Å². The van der Waals surface area contributed by atoms with Gasteiger partial charge in [0, 0.05) is 53.8 Å². The maximum Gasteiger partial charge on any atom is 0.573 e. The first-order valence-electron chi connectivity index (χ1n) is 12.2. The molecule has 3 heterocycles. The Balaban J connectivity index is 1.62. The number of benzene rings is 1. The SMILES string of the molecule is CC(C)(C)c1nn(C2CCN(C(=O)O)CC2)cc1-c1cnc(N)c(C(=O)Nc2cccc(OC(F)(F)F)c2)c1. The van der Waals surface area contributed by atoms with E-state index >= 15 is 0 Å². The van der Waals surface area contributed by atoms with E-state index in [2.05, 4.69) is 15.0 Å². The zero-order valence-corrected chi connectivity index (χ0v) is 21.6. The Hall–Kier alpha value is -4.29. The van der Waals surface area contributed by atoms with Crippen LogP contribution < -0.4 is 15.8 Å². The van der Waals surface area contributed by atoms with Gasteiger partial charge >= 0.3 is 12.5 Å². The van der Waals surface area contributed by atoms with Crippen molar-refractivity contribution in [3.63, 3.8) is 0 Å². The highest BCUT2D eigenvalue weighted by atomic mass is 19.4. The van der Waals surface area contributed by atoms with Gasteiger partial charge in [-0.05, 0) is 31.0 Å². The molecule has 3 aromatic rings. The average molecular weight is 547 g/mol. The fourth-order valence-corrected chi connectivity index (χ4v) is 4.44. The van der Waals surface area contributed by atoms with Gasteiger partial charge in [0.25, 0.3) is 5.91 Å². The van der Waals surface area contributed by atoms with Crippen LogP contribution in [0.5, 0.6) is 5.75 Å². The minimum absolute atomic E-state index is 0.00570. The second kappa shape index (κ2) is 10.5. The molecule has 0 saturated carbocycles. The smallest absolute Gasteiger partial charge is 0.465 e. The number of ether oxygens (including phenoxy) is 1. The number of hydrogen-bond donors (Lipinski definition) is 3. The number of aromatic nitrogens is 3. The van der Waals surface area contributed by atoms with Crippen molar-refractivity contribution in [2.75, 3.05) is 24.1 Å². The zero-order valence-electron chi connectivity index (χ0n) is 21.6. The number of carboxylic acid groups (broad SMARTS) is 1. The van der Waals surface area contributed by atoms with Crippen molar-refractivity contribution < 1.29 is 32.6 Å². The molecule has 1 aliphatic heterocycles. The molecule has 13 heteroatoms. The van der Waals surface area contributed by atoms with Crippen LogP contribution in [0.3, 0.4) is 0 Å². The third-order valence-corrected chi connectivity index (χ3v) is 6.35. The van der Waals surface area contributed by atoms with E-state index < -0.39 is 24.1 Å². The Morgan fingerprint density at radius 2 is 1.85 bits per heavy atom. The molecular weight excluding hydrogens is 517 g/mol. The third-order valence-electron chi connectivity index (χ3n) is 6.35. The highest BCUT2D eigenvalue weighted by molar-refractivity contribution is 6.08. The van der Waals surface area contributed by atoms with E-state index in [0.29, 0.717) is 31.5 Å². The number of rotatable bonds is 5. The van der Waals surface area contributed by atoms with E-state index in [1.54, 1.807) is 6.07 Å². The van der Waals surface area contributed by atoms with Crippen molar-refractivity contribution >= 4 is 23.5 Å². The number of likely N-dealkylation sites (tertiary alicyclic amines) is 1. The van der Waals surface area contributed by atoms with Crippen LogP contribution in [0.15, 0.2) is 42.7 Å². The lowest BCUT2D eigenvalue weighted by Gasteiger charge is -2.30. The molecule has 2 amide bonds. The minimum Gasteiger partial charge on any atom is -0.465 e. The van der Waals surface area contributed by atoms with Crippen LogP contribution in [0.4, 0.5) is 29.5 Å². The van der Waals surface area contributed by atoms with E-state index in [1.807, 2.05) is 31.6 Å². The van der Waals surface area contributed by atoms with Gasteiger partial charge in [0.15, 0.2) is 0 Å². The molecule has 0 aliphatic carbocycles. The number of piperidine rings is 1. The Kier molecular flexibility index (Phi) is 7.44. The van der Waals surface area contributed by atoms with Crippen molar-refractivity contribution in [3.8, 4) is 16.9 Å². The number of amides is 2. The lowest BCUT2D eigenvalue weighted by atomic mass is 9.87. The van der Waals surface area contributed by atoms with Gasteiger partial charge in [-0.15, -0.1) is 13.2 Å². The number of nitrogens with one attached hydrogen (secondary N) is 1. The molecule has 0 bridgehead atoms. The number of carbonyl (C=O) groups is 2. The lowest BCUT2D eigenvalue weighted by Crippen LogP contribution is -2.38. The average Bonchev–Trinajstić information content (AvgIpc) is 3.30. The standard InChI is InChI=1S/C26H29F3N6O4/c1-25(2,3)21-20(14-35(33-21)17-7-9-34(10-8-17)24(37)38)15-11-19(22(30)31-13-15)23(36)32-16-5-4-6-18(12-16)39-26(27,28)29/h4-6,11-14,17H,7-10H2,1-3H3,(H2,30,31)(H,32,36)(H,37,38). The molecule has 4 rings (SSSR count). The monoisotopic (exact) mass is 546 g/mol. The molecule has 208 valence electrons. The van der Waals surface area contributed by atoms with Crippen molar-refractivity contribution in [1.29, 1.82) is 0 Å². The molecule has 1 aromatic carbocycles. The molecule has 1 saturated heterocycles. The highest BCUT2D eigenvalue weighted by Crippen LogP contribution is 2.35. The van der Waals surface area contributed by atoms with Crippen LogP contribution in [0.25, 0.3) is 11.1 Å². The summed E-state index contributed by atoms with van der Waals surface area (Å²) in [7, 11) is 0. The third kappa shape index (κ3) is 6.59. The number of nitrogens with two attached hydrogens (primary N) is 1. The fourth-order valence-electron chi connectivity index (χ4n) is 4.44. The largest absolute Gasteiger partial charge is 0.573 e. The summed E-state index contributed by atoms with van der Waals surface area (Å²) in [5, 5.41) is 16.6. The number of pyridine rings is 1. The lowest BCUT2D eigenvalue weighted by molar-refractivity contribution is -0.274. The fraction of sp³-hybridized carbons (Fsp3) is 0.385. The van der Waals surface area contributed by atoms with E-state index in [-0.39, 0.29) is 28.5 Å². The maximum atomic E-state index is 13.1. The van der Waals surface area contributed by atoms with Crippen LogP contribution >= 0.6 is 0 Å². The Morgan fingerprint density at radius 1 is 1.15 bits per heavy atom. The van der Waals surface area contributed by atoms with E-state index in [9.17, 15) is 27.9 Å². The van der Waals surface area contributed by atoms with Gasteiger partial charge in [-0.1, -0.05) is 26.8 Å². The molecular formula is C26H29F3N6O4. The molecule has 10 nitrogen and oxygen atoms in total. The van der Waals surface area contributed by atoms with Crippen LogP contribution in [0.1, 0.15) is 55.7 Å². The summed E-state index contributed by atoms with van der Waals surface area (Å²) < 4.78 is 43.5. The summed E-state index contributed by atoms with van der Waals surface area (Å²) in [4.78, 5) is 29.9. The number of halogens is 3. The molecule has 2 aromatic heterocycles. The Bertz CT molecular complexity index is 1370. The molecule has 4 N–H and O–H groups in total. The van der Waals surface area contributed by atoms with Crippen molar-refractivity contribution in [1.82, 2.24) is 19.7 Å². The summed E-state index contributed by atoms with van der Waals surface area (Å²) in [6.07, 6.45) is -1.18. The van der Waals surface area contributed by atoms with Crippen molar-refractivity contribution in [2.24, 2.45) is 0 Å². The van der Waals surface area contributed by atoms with Crippen molar-refractivity contribution in [3.05, 3.63) is 54.0 Å². The molecule has 0 atom stereocenters. The first-order chi connectivity index (χ1) is 18.2. The minimum atomic E-state index is -4.87. The quantitative estimate of drug-likeness (QED) is 0.396. The van der Waals surface area contributed by atoms with Crippen LogP contribution in [-0.2, 0) is 5.41 Å². The Morgan fingerprint density at radius 3 is 2.46 bits per heavy atom. The second-order valence-corrected chi connectivity index (χ2v) is 10.3. The molecule has 0 unspecified atom stereocenters. The highest BCUT2D eigenvalue weighted by Gasteiger charge is 2.31. The van der Waals surface area contributed by atoms with Crippen LogP contribution in [0, 0.1) is 0 Å². The van der Waals surface area contributed by atoms with Gasteiger partial charge in [0.1, 0.15) is 11.6 Å². The molecule has 39 heavy (non-hydrogen) atoms. The summed E-state index contributed by atoms with van der Waals surface area (Å²) in [6, 6.07) is 6.49. The van der Waals surface area contributed by atoms with Gasteiger partial charge < -0.3 is 25.8 Å². The van der Waals surface area contributed by atoms with E-state index in [1.165, 1.54) is 23.2 Å². The normalized spacial score (nSPS) is 14.8. The van der Waals surface area contributed by atoms with Gasteiger partial charge in [-0.25, -0.2) is 9.78 Å². The molecule has 0 radical (unpaired) electrons. The molecule has 1 aliphatic rings. The first kappa shape index (κ1) is 27.7. The number of nitrogen functional groups attached to an aromatic ring is 1. The second-order valence-electron chi connectivity index (χ2n) is 10.3. The van der Waals surface area contributed by atoms with E-state index in [4.69, 9.17) is 10.8 Å². The predicted octanol–water partition coefficient (Wildman–Crippen LogP) is 5.29. The number of carbonyl (C=O) groups excluding carboxylic acids is 1. The van der Waals surface area contributed by atoms with Crippen molar-refractivity contribution in [2.45, 2.75) is 51.4 Å². The number of hydrogen-bond acceptors (Lipinski definition) is 6. The number of anilines is 2. The van der Waals surface area contributed by atoms with Crippen LogP contribution in [-0.4, -0.2) is 56.2 Å². The maximum absolute atomic E-state index is 13.1. The molecule has 1 fully saturated rings. The van der Waals surface area contributed by atoms with Gasteiger partial charge in [0.05, 0.1) is 17.3 Å². The Labute approximate surface area is 222 Å². The van der Waals surface area contributed by atoms with E-state index in [0.717, 1.165) is 23.4 Å². The molecule has 0 spiro atoms. The predicted molar refractivity (Wildman–Crippen MR) is 138 cm³/mol. The number of nitrogens with zero attached hydrogens (tertiary/aromatic N) is 4. The first-order valence-corrected chi connectivity index (χ1v) is 12.2. The zero-order chi connectivity index (χ0) is 28.5. The topological polar surface area (TPSA) is 136 Å². The van der Waals surface area contributed by atoms with Gasteiger partial charge in [-0.3, -0.25) is 9.48 Å². The summed E-state index contributed by atoms with van der Waals surface area (Å²) in [5.41, 5.74) is 7.84. The van der Waals surface area contributed by atoms with Gasteiger partial charge in [0.2, 0.25) is 0 Å². The summed E-state index contributed by atoms with van der Waals surface area (Å²) in [5.74, 6) is -1.18. The summed E-state index contributed by atoms with van der Waals surface area (Å²) in [6.45, 7) is 6.83. The summed E-state index contributed by atoms with van der Waals surface area (Å²) >= 11 is 0.